The van der Waals surface area contributed by atoms with Crippen LogP contribution in [-0.4, -0.2) is 17.8 Å². The molecule has 2 heteroatoms. The van der Waals surface area contributed by atoms with Gasteiger partial charge in [-0.25, -0.2) is 0 Å². The van der Waals surface area contributed by atoms with Gasteiger partial charge in [-0.2, -0.15) is 0 Å². The van der Waals surface area contributed by atoms with Crippen molar-refractivity contribution in [1.82, 2.24) is 5.32 Å². The molecule has 1 unspecified atom stereocenters. The highest BCUT2D eigenvalue weighted by atomic mass is 16.3. The average molecular weight is 229 g/mol. The van der Waals surface area contributed by atoms with Gasteiger partial charge in [0.25, 0.3) is 0 Å². The molecule has 2 nitrogen and oxygen atoms in total. The molecule has 0 aromatic heterocycles. The molecule has 0 spiro atoms. The van der Waals surface area contributed by atoms with Crippen LogP contribution in [0.25, 0.3) is 10.8 Å². The van der Waals surface area contributed by atoms with Gasteiger partial charge < -0.3 is 10.4 Å². The third-order valence-electron chi connectivity index (χ3n) is 3.08. The number of aliphatic hydroxyl groups excluding tert-OH is 1. The Morgan fingerprint density at radius 1 is 1.12 bits per heavy atom. The largest absolute Gasteiger partial charge is 0.396 e. The van der Waals surface area contributed by atoms with E-state index in [1.54, 1.807) is 0 Å². The number of fused-ring (bicyclic) bond motifs is 1. The van der Waals surface area contributed by atoms with Gasteiger partial charge in [-0.15, -0.1) is 0 Å². The molecule has 2 N–H and O–H groups in total. The number of aliphatic hydroxyl groups is 1. The summed E-state index contributed by atoms with van der Waals surface area (Å²) in [5.74, 6) is 0. The summed E-state index contributed by atoms with van der Waals surface area (Å²) in [5, 5.41) is 14.9. The van der Waals surface area contributed by atoms with E-state index in [0.717, 1.165) is 13.0 Å². The van der Waals surface area contributed by atoms with Gasteiger partial charge in [0.15, 0.2) is 0 Å². The predicted molar refractivity (Wildman–Crippen MR) is 72.0 cm³/mol. The molecule has 0 saturated heterocycles. The first kappa shape index (κ1) is 12.1. The number of nitrogens with one attached hydrogen (secondary N) is 1. The van der Waals surface area contributed by atoms with Crippen molar-refractivity contribution in [2.24, 2.45) is 0 Å². The third kappa shape index (κ3) is 3.05. The van der Waals surface area contributed by atoms with Crippen LogP contribution in [0, 0.1) is 0 Å². The zero-order valence-corrected chi connectivity index (χ0v) is 10.2. The fourth-order valence-corrected chi connectivity index (χ4v) is 2.03. The Kier molecular flexibility index (Phi) is 4.13. The second-order valence-corrected chi connectivity index (χ2v) is 4.43. The summed E-state index contributed by atoms with van der Waals surface area (Å²) in [6, 6.07) is 15.2. The maximum atomic E-state index is 8.87. The smallest absolute Gasteiger partial charge is 0.0445 e. The van der Waals surface area contributed by atoms with E-state index < -0.39 is 0 Å². The van der Waals surface area contributed by atoms with Crippen LogP contribution in [0.2, 0.25) is 0 Å². The molecule has 0 aliphatic rings. The molecule has 0 saturated carbocycles. The molecule has 2 aromatic carbocycles. The predicted octanol–water partition coefficient (Wildman–Crippen LogP) is 2.70. The Bertz CT molecular complexity index is 476. The summed E-state index contributed by atoms with van der Waals surface area (Å²) in [6.07, 6.45) is 0.796. The molecule has 0 radical (unpaired) electrons. The first-order valence-corrected chi connectivity index (χ1v) is 6.12. The van der Waals surface area contributed by atoms with Crippen LogP contribution in [0.5, 0.6) is 0 Å². The fraction of sp³-hybridized carbons (Fsp3) is 0.333. The monoisotopic (exact) mass is 229 g/mol. The average Bonchev–Trinajstić information content (AvgIpc) is 2.36. The molecule has 0 aliphatic carbocycles. The Balaban J connectivity index is 2.13. The summed E-state index contributed by atoms with van der Waals surface area (Å²) in [6.45, 7) is 3.19. The third-order valence-corrected chi connectivity index (χ3v) is 3.08. The minimum atomic E-state index is 0.240. The highest BCUT2D eigenvalue weighted by Crippen LogP contribution is 2.18. The molecular weight excluding hydrogens is 210 g/mol. The van der Waals surface area contributed by atoms with Gasteiger partial charge in [0.2, 0.25) is 0 Å². The second kappa shape index (κ2) is 5.80. The van der Waals surface area contributed by atoms with Crippen molar-refractivity contribution in [2.45, 2.75) is 25.9 Å². The zero-order chi connectivity index (χ0) is 12.1. The van der Waals surface area contributed by atoms with Crippen molar-refractivity contribution in [3.05, 3.63) is 48.0 Å². The number of hydrogen-bond donors (Lipinski definition) is 2. The van der Waals surface area contributed by atoms with Gasteiger partial charge in [0.1, 0.15) is 0 Å². The summed E-state index contributed by atoms with van der Waals surface area (Å²) >= 11 is 0. The topological polar surface area (TPSA) is 32.3 Å². The number of hydrogen-bond acceptors (Lipinski definition) is 2. The zero-order valence-electron chi connectivity index (χ0n) is 10.2. The van der Waals surface area contributed by atoms with Gasteiger partial charge >= 0.3 is 0 Å². The normalized spacial score (nSPS) is 12.8. The lowest BCUT2D eigenvalue weighted by Gasteiger charge is -2.13. The lowest BCUT2D eigenvalue weighted by Crippen LogP contribution is -2.26. The van der Waals surface area contributed by atoms with Crippen LogP contribution in [0.3, 0.4) is 0 Å². The van der Waals surface area contributed by atoms with E-state index in [1.807, 2.05) is 0 Å². The quantitative estimate of drug-likeness (QED) is 0.826. The van der Waals surface area contributed by atoms with Gasteiger partial charge in [-0.05, 0) is 29.7 Å². The summed E-state index contributed by atoms with van der Waals surface area (Å²) < 4.78 is 0. The molecule has 0 aliphatic heterocycles. The Morgan fingerprint density at radius 2 is 1.88 bits per heavy atom. The highest BCUT2D eigenvalue weighted by molar-refractivity contribution is 5.85. The Morgan fingerprint density at radius 3 is 2.71 bits per heavy atom. The lowest BCUT2D eigenvalue weighted by molar-refractivity contribution is 0.269. The summed E-state index contributed by atoms with van der Waals surface area (Å²) in [7, 11) is 0. The van der Waals surface area contributed by atoms with Crippen molar-refractivity contribution in [1.29, 1.82) is 0 Å². The Labute approximate surface area is 102 Å². The lowest BCUT2D eigenvalue weighted by atomic mass is 10.0. The maximum absolute atomic E-state index is 8.87. The second-order valence-electron chi connectivity index (χ2n) is 4.43. The van der Waals surface area contributed by atoms with Crippen LogP contribution in [-0.2, 0) is 6.54 Å². The number of rotatable bonds is 5. The van der Waals surface area contributed by atoms with Gasteiger partial charge in [0, 0.05) is 19.2 Å². The minimum Gasteiger partial charge on any atom is -0.396 e. The number of benzene rings is 2. The summed E-state index contributed by atoms with van der Waals surface area (Å²) in [4.78, 5) is 0. The Hall–Kier alpha value is -1.38. The van der Waals surface area contributed by atoms with E-state index >= 15 is 0 Å². The van der Waals surface area contributed by atoms with Crippen molar-refractivity contribution in [3.63, 3.8) is 0 Å². The molecule has 2 aromatic rings. The molecular formula is C15H19NO. The first-order valence-electron chi connectivity index (χ1n) is 6.12. The van der Waals surface area contributed by atoms with Crippen LogP contribution in [0.1, 0.15) is 18.9 Å². The fourth-order valence-electron chi connectivity index (χ4n) is 2.03. The van der Waals surface area contributed by atoms with E-state index in [4.69, 9.17) is 5.11 Å². The molecule has 0 fully saturated rings. The molecule has 90 valence electrons. The van der Waals surface area contributed by atoms with Gasteiger partial charge in [-0.1, -0.05) is 42.5 Å². The molecule has 1 atom stereocenters. The van der Waals surface area contributed by atoms with Crippen LogP contribution < -0.4 is 5.32 Å². The molecule has 2 rings (SSSR count). The van der Waals surface area contributed by atoms with E-state index in [2.05, 4.69) is 54.7 Å². The molecule has 0 heterocycles. The van der Waals surface area contributed by atoms with Crippen LogP contribution >= 0.6 is 0 Å². The molecule has 0 amide bonds. The van der Waals surface area contributed by atoms with E-state index in [1.165, 1.54) is 16.3 Å². The highest BCUT2D eigenvalue weighted by Gasteiger charge is 2.03. The van der Waals surface area contributed by atoms with Gasteiger partial charge in [0.05, 0.1) is 0 Å². The van der Waals surface area contributed by atoms with Crippen LogP contribution in [0.15, 0.2) is 42.5 Å². The molecule has 0 bridgehead atoms. The van der Waals surface area contributed by atoms with Crippen molar-refractivity contribution in [2.75, 3.05) is 6.61 Å². The molecule has 17 heavy (non-hydrogen) atoms. The maximum Gasteiger partial charge on any atom is 0.0445 e. The van der Waals surface area contributed by atoms with E-state index in [-0.39, 0.29) is 6.61 Å². The SMILES string of the molecule is CC(CCO)NCc1cccc2ccccc12. The van der Waals surface area contributed by atoms with Crippen molar-refractivity contribution < 1.29 is 5.11 Å². The standard InChI is InChI=1S/C15H19NO/c1-12(9-10-17)16-11-14-7-4-6-13-5-2-3-8-15(13)14/h2-8,12,16-17H,9-11H2,1H3. The van der Waals surface area contributed by atoms with E-state index in [9.17, 15) is 0 Å². The van der Waals surface area contributed by atoms with E-state index in [0.29, 0.717) is 6.04 Å². The first-order chi connectivity index (χ1) is 8.31. The van der Waals surface area contributed by atoms with Crippen molar-refractivity contribution >= 4 is 10.8 Å². The van der Waals surface area contributed by atoms with Crippen molar-refractivity contribution in [3.8, 4) is 0 Å². The van der Waals surface area contributed by atoms with Gasteiger partial charge in [-0.3, -0.25) is 0 Å². The van der Waals surface area contributed by atoms with Crippen LogP contribution in [0.4, 0.5) is 0 Å². The minimum absolute atomic E-state index is 0.240. The summed E-state index contributed by atoms with van der Waals surface area (Å²) in [5.41, 5.74) is 1.31.